The van der Waals surface area contributed by atoms with Gasteiger partial charge in [-0.2, -0.15) is 4.31 Å². The van der Waals surface area contributed by atoms with Crippen molar-refractivity contribution in [3.8, 4) is 0 Å². The standard InChI is InChI=1S/C13H21BrN2O4S/c1-4-5-16(6-7-17)21(18,19)12-8-11(20-13(12)14)9-15-10(2)3/h4,8,10,15,17H,1,5-7,9H2,2-3H3. The van der Waals surface area contributed by atoms with Gasteiger partial charge in [0.05, 0.1) is 13.2 Å². The zero-order valence-corrected chi connectivity index (χ0v) is 14.6. The van der Waals surface area contributed by atoms with Crippen LogP contribution in [0.1, 0.15) is 19.6 Å². The Kier molecular flexibility index (Phi) is 7.08. The lowest BCUT2D eigenvalue weighted by molar-refractivity contribution is 0.260. The van der Waals surface area contributed by atoms with Crippen LogP contribution in [0.15, 0.2) is 32.7 Å². The molecule has 8 heteroatoms. The Morgan fingerprint density at radius 3 is 2.76 bits per heavy atom. The molecule has 120 valence electrons. The van der Waals surface area contributed by atoms with Crippen LogP contribution in [0, 0.1) is 0 Å². The molecule has 0 amide bonds. The second-order valence-electron chi connectivity index (χ2n) is 4.76. The highest BCUT2D eigenvalue weighted by molar-refractivity contribution is 9.10. The molecule has 0 saturated heterocycles. The summed E-state index contributed by atoms with van der Waals surface area (Å²) in [4.78, 5) is 0.0540. The van der Waals surface area contributed by atoms with Gasteiger partial charge < -0.3 is 14.8 Å². The molecule has 2 N–H and O–H groups in total. The van der Waals surface area contributed by atoms with Crippen LogP contribution in [0.3, 0.4) is 0 Å². The predicted molar refractivity (Wildman–Crippen MR) is 84.4 cm³/mol. The van der Waals surface area contributed by atoms with E-state index in [-0.39, 0.29) is 35.3 Å². The van der Waals surface area contributed by atoms with Gasteiger partial charge in [-0.25, -0.2) is 8.42 Å². The first-order valence-corrected chi connectivity index (χ1v) is 8.79. The van der Waals surface area contributed by atoms with Gasteiger partial charge in [0, 0.05) is 25.2 Å². The summed E-state index contributed by atoms with van der Waals surface area (Å²) in [7, 11) is -3.74. The van der Waals surface area contributed by atoms with E-state index in [1.807, 2.05) is 13.8 Å². The highest BCUT2D eigenvalue weighted by Crippen LogP contribution is 2.28. The van der Waals surface area contributed by atoms with Crippen molar-refractivity contribution in [1.82, 2.24) is 9.62 Å². The van der Waals surface area contributed by atoms with E-state index in [0.29, 0.717) is 12.3 Å². The molecule has 21 heavy (non-hydrogen) atoms. The maximum atomic E-state index is 12.5. The van der Waals surface area contributed by atoms with E-state index in [1.165, 1.54) is 12.1 Å². The molecule has 0 aliphatic carbocycles. The molecule has 0 unspecified atom stereocenters. The van der Waals surface area contributed by atoms with Crippen LogP contribution in [0.5, 0.6) is 0 Å². The fraction of sp³-hybridized carbons (Fsp3) is 0.538. The number of sulfonamides is 1. The van der Waals surface area contributed by atoms with E-state index >= 15 is 0 Å². The molecule has 0 aliphatic heterocycles. The number of aliphatic hydroxyl groups is 1. The summed E-state index contributed by atoms with van der Waals surface area (Å²) in [5, 5.41) is 12.2. The molecule has 0 aromatic carbocycles. The number of nitrogens with zero attached hydrogens (tertiary/aromatic N) is 1. The van der Waals surface area contributed by atoms with Gasteiger partial charge in [0.25, 0.3) is 0 Å². The molecule has 6 nitrogen and oxygen atoms in total. The zero-order chi connectivity index (χ0) is 16.0. The van der Waals surface area contributed by atoms with Crippen LogP contribution in [0.4, 0.5) is 0 Å². The van der Waals surface area contributed by atoms with Crippen molar-refractivity contribution in [1.29, 1.82) is 0 Å². The molecular weight excluding hydrogens is 360 g/mol. The number of hydrogen-bond acceptors (Lipinski definition) is 5. The zero-order valence-electron chi connectivity index (χ0n) is 12.2. The van der Waals surface area contributed by atoms with Crippen LogP contribution in [0.25, 0.3) is 0 Å². The quantitative estimate of drug-likeness (QED) is 0.637. The fourth-order valence-electron chi connectivity index (χ4n) is 1.67. The lowest BCUT2D eigenvalue weighted by atomic mass is 10.3. The van der Waals surface area contributed by atoms with E-state index in [0.717, 1.165) is 4.31 Å². The van der Waals surface area contributed by atoms with Gasteiger partial charge in [-0.05, 0) is 15.9 Å². The summed E-state index contributed by atoms with van der Waals surface area (Å²) in [6, 6.07) is 1.75. The van der Waals surface area contributed by atoms with Gasteiger partial charge in [0.2, 0.25) is 10.0 Å². The van der Waals surface area contributed by atoms with E-state index < -0.39 is 10.0 Å². The maximum absolute atomic E-state index is 12.5. The molecule has 0 spiro atoms. The first kappa shape index (κ1) is 18.4. The normalized spacial score (nSPS) is 12.3. The highest BCUT2D eigenvalue weighted by atomic mass is 79.9. The molecule has 0 saturated carbocycles. The highest BCUT2D eigenvalue weighted by Gasteiger charge is 2.28. The monoisotopic (exact) mass is 380 g/mol. The van der Waals surface area contributed by atoms with Crippen LogP contribution >= 0.6 is 15.9 Å². The number of furan rings is 1. The second-order valence-corrected chi connectivity index (χ2v) is 7.39. The number of nitrogens with one attached hydrogen (secondary N) is 1. The minimum absolute atomic E-state index is 0.00551. The first-order chi connectivity index (χ1) is 9.82. The van der Waals surface area contributed by atoms with Gasteiger partial charge in [0.15, 0.2) is 4.67 Å². The lowest BCUT2D eigenvalue weighted by Crippen LogP contribution is -2.33. The number of hydrogen-bond donors (Lipinski definition) is 2. The molecular formula is C13H21BrN2O4S. The van der Waals surface area contributed by atoms with Gasteiger partial charge in [0.1, 0.15) is 10.7 Å². The van der Waals surface area contributed by atoms with Crippen LogP contribution < -0.4 is 5.32 Å². The van der Waals surface area contributed by atoms with Crippen molar-refractivity contribution in [2.24, 2.45) is 0 Å². The van der Waals surface area contributed by atoms with Crippen LogP contribution in [-0.4, -0.2) is 43.6 Å². The first-order valence-electron chi connectivity index (χ1n) is 6.56. The Labute approximate surface area is 134 Å². The van der Waals surface area contributed by atoms with E-state index in [1.54, 1.807) is 0 Å². The van der Waals surface area contributed by atoms with Crippen molar-refractivity contribution < 1.29 is 17.9 Å². The third-order valence-corrected chi connectivity index (χ3v) is 5.41. The molecule has 0 atom stereocenters. The third-order valence-electron chi connectivity index (χ3n) is 2.69. The molecule has 0 fully saturated rings. The van der Waals surface area contributed by atoms with Gasteiger partial charge in [-0.15, -0.1) is 6.58 Å². The Morgan fingerprint density at radius 1 is 1.57 bits per heavy atom. The molecule has 0 radical (unpaired) electrons. The lowest BCUT2D eigenvalue weighted by Gasteiger charge is -2.18. The average Bonchev–Trinajstić information content (AvgIpc) is 2.78. The summed E-state index contributed by atoms with van der Waals surface area (Å²) in [5.74, 6) is 0.525. The third kappa shape index (κ3) is 4.93. The molecule has 1 heterocycles. The minimum atomic E-state index is -3.74. The predicted octanol–water partition coefficient (Wildman–Crippen LogP) is 1.71. The number of rotatable bonds is 9. The average molecular weight is 381 g/mol. The summed E-state index contributed by atoms with van der Waals surface area (Å²) < 4.78 is 31.8. The maximum Gasteiger partial charge on any atom is 0.247 e. The Morgan fingerprint density at radius 2 is 2.24 bits per heavy atom. The SMILES string of the molecule is C=CCN(CCO)S(=O)(=O)c1cc(CNC(C)C)oc1Br. The van der Waals surface area contributed by atoms with Crippen LogP contribution in [-0.2, 0) is 16.6 Å². The summed E-state index contributed by atoms with van der Waals surface area (Å²) in [5.41, 5.74) is 0. The summed E-state index contributed by atoms with van der Waals surface area (Å²) >= 11 is 3.14. The van der Waals surface area contributed by atoms with Crippen molar-refractivity contribution in [3.05, 3.63) is 29.2 Å². The van der Waals surface area contributed by atoms with Gasteiger partial charge in [-0.1, -0.05) is 19.9 Å². The second kappa shape index (κ2) is 8.09. The number of halogens is 1. The fourth-order valence-corrected chi connectivity index (χ4v) is 4.03. The Hall–Kier alpha value is -0.670. The van der Waals surface area contributed by atoms with E-state index in [4.69, 9.17) is 9.52 Å². The molecule has 0 aliphatic rings. The van der Waals surface area contributed by atoms with E-state index in [9.17, 15) is 8.42 Å². The van der Waals surface area contributed by atoms with Crippen LogP contribution in [0.2, 0.25) is 0 Å². The van der Waals surface area contributed by atoms with Gasteiger partial charge in [-0.3, -0.25) is 0 Å². The molecule has 1 rings (SSSR count). The number of aliphatic hydroxyl groups excluding tert-OH is 1. The molecule has 1 aromatic heterocycles. The van der Waals surface area contributed by atoms with Crippen molar-refractivity contribution in [3.63, 3.8) is 0 Å². The largest absolute Gasteiger partial charge is 0.452 e. The molecule has 0 bridgehead atoms. The van der Waals surface area contributed by atoms with E-state index in [2.05, 4.69) is 27.8 Å². The smallest absolute Gasteiger partial charge is 0.247 e. The Bertz CT molecular complexity index is 569. The van der Waals surface area contributed by atoms with Crippen molar-refractivity contribution >= 4 is 26.0 Å². The molecule has 1 aromatic rings. The Balaban J connectivity index is 3.04. The van der Waals surface area contributed by atoms with Crippen molar-refractivity contribution in [2.45, 2.75) is 31.3 Å². The van der Waals surface area contributed by atoms with Gasteiger partial charge >= 0.3 is 0 Å². The topological polar surface area (TPSA) is 82.8 Å². The van der Waals surface area contributed by atoms with Crippen molar-refractivity contribution in [2.75, 3.05) is 19.7 Å². The summed E-state index contributed by atoms with van der Waals surface area (Å²) in [6.45, 7) is 7.82. The summed E-state index contributed by atoms with van der Waals surface area (Å²) in [6.07, 6.45) is 1.47. The minimum Gasteiger partial charge on any atom is -0.452 e.